The summed E-state index contributed by atoms with van der Waals surface area (Å²) in [6, 6.07) is 6.60. The first kappa shape index (κ1) is 20.2. The molecule has 2 heterocycles. The minimum Gasteiger partial charge on any atom is -0.381 e. The average molecular weight is 373 g/mol. The van der Waals surface area contributed by atoms with Crippen LogP contribution >= 0.6 is 0 Å². The van der Waals surface area contributed by atoms with Crippen molar-refractivity contribution in [3.05, 3.63) is 34.9 Å². The summed E-state index contributed by atoms with van der Waals surface area (Å²) in [6.45, 7) is 13.1. The van der Waals surface area contributed by atoms with E-state index in [-0.39, 0.29) is 5.54 Å². The van der Waals surface area contributed by atoms with E-state index in [2.05, 4.69) is 54.5 Å². The lowest BCUT2D eigenvalue weighted by molar-refractivity contribution is -0.0164. The van der Waals surface area contributed by atoms with Crippen LogP contribution in [0.15, 0.2) is 23.2 Å². The Morgan fingerprint density at radius 2 is 1.89 bits per heavy atom. The van der Waals surface area contributed by atoms with Crippen LogP contribution in [0.5, 0.6) is 0 Å². The number of ether oxygens (including phenoxy) is 1. The summed E-state index contributed by atoms with van der Waals surface area (Å²) >= 11 is 0. The van der Waals surface area contributed by atoms with E-state index in [0.29, 0.717) is 6.54 Å². The fourth-order valence-electron chi connectivity index (χ4n) is 4.33. The van der Waals surface area contributed by atoms with Crippen LogP contribution in [0.25, 0.3) is 0 Å². The Morgan fingerprint density at radius 1 is 1.15 bits per heavy atom. The van der Waals surface area contributed by atoms with Gasteiger partial charge in [-0.25, -0.2) is 4.99 Å². The van der Waals surface area contributed by atoms with Crippen molar-refractivity contribution >= 4 is 5.96 Å². The summed E-state index contributed by atoms with van der Waals surface area (Å²) in [4.78, 5) is 7.55. The lowest BCUT2D eigenvalue weighted by Gasteiger charge is -2.45. The molecular weight excluding hydrogens is 336 g/mol. The third-order valence-corrected chi connectivity index (χ3v) is 6.04. The SMILES string of the molecule is CCNC(=NCc1ccc(C)cc1C)NCC1(N2CCCC2)CCOCC1. The Kier molecular flexibility index (Phi) is 7.13. The van der Waals surface area contributed by atoms with E-state index in [1.54, 1.807) is 0 Å². The third-order valence-electron chi connectivity index (χ3n) is 6.04. The molecule has 3 rings (SSSR count). The highest BCUT2D eigenvalue weighted by atomic mass is 16.5. The number of aliphatic imine (C=N–C) groups is 1. The zero-order valence-corrected chi connectivity index (χ0v) is 17.3. The van der Waals surface area contributed by atoms with E-state index < -0.39 is 0 Å². The lowest BCUT2D eigenvalue weighted by Crippen LogP contribution is -2.58. The average Bonchev–Trinajstić information content (AvgIpc) is 3.21. The second-order valence-electron chi connectivity index (χ2n) is 8.01. The predicted molar refractivity (Wildman–Crippen MR) is 112 cm³/mol. The second-order valence-corrected chi connectivity index (χ2v) is 8.01. The number of likely N-dealkylation sites (tertiary alicyclic amines) is 1. The number of guanidine groups is 1. The second kappa shape index (κ2) is 9.56. The summed E-state index contributed by atoms with van der Waals surface area (Å²) in [5.74, 6) is 0.919. The highest BCUT2D eigenvalue weighted by Gasteiger charge is 2.39. The number of nitrogens with zero attached hydrogens (tertiary/aromatic N) is 2. The van der Waals surface area contributed by atoms with Crippen LogP contribution in [0.3, 0.4) is 0 Å². The van der Waals surface area contributed by atoms with Crippen molar-refractivity contribution in [3.63, 3.8) is 0 Å². The molecule has 0 atom stereocenters. The van der Waals surface area contributed by atoms with Crippen molar-refractivity contribution < 1.29 is 4.74 Å². The molecule has 2 saturated heterocycles. The first-order valence-corrected chi connectivity index (χ1v) is 10.5. The Labute approximate surface area is 164 Å². The van der Waals surface area contributed by atoms with Gasteiger partial charge in [-0.15, -0.1) is 0 Å². The molecule has 1 aromatic rings. The molecule has 0 aliphatic carbocycles. The van der Waals surface area contributed by atoms with Crippen LogP contribution in [0.2, 0.25) is 0 Å². The third kappa shape index (κ3) is 5.23. The molecule has 1 aromatic carbocycles. The number of rotatable bonds is 6. The molecule has 2 aliphatic heterocycles. The molecule has 2 aliphatic rings. The minimum atomic E-state index is 0.213. The highest BCUT2D eigenvalue weighted by molar-refractivity contribution is 5.79. The molecule has 0 saturated carbocycles. The standard InChI is InChI=1S/C22H36N4O/c1-4-23-21(24-16-20-8-7-18(2)15-19(20)3)25-17-22(9-13-27-14-10-22)26-11-5-6-12-26/h7-8,15H,4-6,9-14,16-17H2,1-3H3,(H2,23,24,25). The van der Waals surface area contributed by atoms with Crippen LogP contribution in [0.4, 0.5) is 0 Å². The van der Waals surface area contributed by atoms with Gasteiger partial charge in [0, 0.05) is 31.8 Å². The summed E-state index contributed by atoms with van der Waals surface area (Å²) in [5, 5.41) is 7.07. The molecule has 0 amide bonds. The number of hydrogen-bond donors (Lipinski definition) is 2. The van der Waals surface area contributed by atoms with Crippen molar-refractivity contribution in [1.82, 2.24) is 15.5 Å². The summed E-state index contributed by atoms with van der Waals surface area (Å²) < 4.78 is 5.67. The smallest absolute Gasteiger partial charge is 0.191 e. The molecule has 5 heteroatoms. The lowest BCUT2D eigenvalue weighted by atomic mass is 9.88. The van der Waals surface area contributed by atoms with E-state index in [9.17, 15) is 0 Å². The molecule has 2 N–H and O–H groups in total. The van der Waals surface area contributed by atoms with Gasteiger partial charge in [0.2, 0.25) is 0 Å². The van der Waals surface area contributed by atoms with Crippen LogP contribution in [-0.2, 0) is 11.3 Å². The van der Waals surface area contributed by atoms with Gasteiger partial charge < -0.3 is 15.4 Å². The summed E-state index contributed by atoms with van der Waals surface area (Å²) in [5.41, 5.74) is 4.12. The van der Waals surface area contributed by atoms with Crippen LogP contribution in [0.1, 0.15) is 49.3 Å². The molecule has 2 fully saturated rings. The van der Waals surface area contributed by atoms with Crippen molar-refractivity contribution in [2.45, 2.75) is 58.5 Å². The van der Waals surface area contributed by atoms with E-state index in [1.165, 1.54) is 42.6 Å². The Balaban J connectivity index is 1.67. The fraction of sp³-hybridized carbons (Fsp3) is 0.682. The monoisotopic (exact) mass is 372 g/mol. The maximum Gasteiger partial charge on any atom is 0.191 e. The van der Waals surface area contributed by atoms with Crippen molar-refractivity contribution in [3.8, 4) is 0 Å². The topological polar surface area (TPSA) is 48.9 Å². The van der Waals surface area contributed by atoms with Gasteiger partial charge in [0.1, 0.15) is 0 Å². The number of nitrogens with one attached hydrogen (secondary N) is 2. The largest absolute Gasteiger partial charge is 0.381 e. The molecule has 5 nitrogen and oxygen atoms in total. The molecule has 0 bridgehead atoms. The molecule has 0 unspecified atom stereocenters. The Bertz CT molecular complexity index is 631. The molecule has 0 aromatic heterocycles. The maximum atomic E-state index is 5.67. The van der Waals surface area contributed by atoms with Crippen molar-refractivity contribution in [1.29, 1.82) is 0 Å². The number of benzene rings is 1. The minimum absolute atomic E-state index is 0.213. The maximum absolute atomic E-state index is 5.67. The van der Waals surface area contributed by atoms with E-state index >= 15 is 0 Å². The van der Waals surface area contributed by atoms with Gasteiger partial charge in [-0.3, -0.25) is 4.90 Å². The Hall–Kier alpha value is -1.59. The number of hydrogen-bond acceptors (Lipinski definition) is 3. The van der Waals surface area contributed by atoms with E-state index in [4.69, 9.17) is 9.73 Å². The van der Waals surface area contributed by atoms with Crippen LogP contribution in [0, 0.1) is 13.8 Å². The van der Waals surface area contributed by atoms with E-state index in [0.717, 1.165) is 45.1 Å². The first-order chi connectivity index (χ1) is 13.1. The molecule has 27 heavy (non-hydrogen) atoms. The fourth-order valence-corrected chi connectivity index (χ4v) is 4.33. The van der Waals surface area contributed by atoms with Crippen LogP contribution in [-0.4, -0.2) is 55.8 Å². The van der Waals surface area contributed by atoms with Gasteiger partial charge >= 0.3 is 0 Å². The zero-order chi connectivity index (χ0) is 19.1. The van der Waals surface area contributed by atoms with Gasteiger partial charge in [-0.05, 0) is 70.7 Å². The Morgan fingerprint density at radius 3 is 2.56 bits per heavy atom. The molecule has 0 spiro atoms. The van der Waals surface area contributed by atoms with Crippen molar-refractivity contribution in [2.24, 2.45) is 4.99 Å². The van der Waals surface area contributed by atoms with Gasteiger partial charge in [0.15, 0.2) is 5.96 Å². The quantitative estimate of drug-likeness (QED) is 0.595. The van der Waals surface area contributed by atoms with Gasteiger partial charge in [-0.1, -0.05) is 23.8 Å². The predicted octanol–water partition coefficient (Wildman–Crippen LogP) is 3.00. The molecule has 150 valence electrons. The van der Waals surface area contributed by atoms with E-state index in [1.807, 2.05) is 0 Å². The van der Waals surface area contributed by atoms with Crippen molar-refractivity contribution in [2.75, 3.05) is 39.4 Å². The summed E-state index contributed by atoms with van der Waals surface area (Å²) in [6.07, 6.45) is 4.86. The summed E-state index contributed by atoms with van der Waals surface area (Å²) in [7, 11) is 0. The van der Waals surface area contributed by atoms with Gasteiger partial charge in [-0.2, -0.15) is 0 Å². The highest BCUT2D eigenvalue weighted by Crippen LogP contribution is 2.30. The zero-order valence-electron chi connectivity index (χ0n) is 17.3. The number of aryl methyl sites for hydroxylation is 2. The molecular formula is C22H36N4O. The van der Waals surface area contributed by atoms with Gasteiger partial charge in [0.05, 0.1) is 6.54 Å². The van der Waals surface area contributed by atoms with Crippen LogP contribution < -0.4 is 10.6 Å². The van der Waals surface area contributed by atoms with Gasteiger partial charge in [0.25, 0.3) is 0 Å². The normalized spacial score (nSPS) is 20.6. The first-order valence-electron chi connectivity index (χ1n) is 10.5. The molecule has 0 radical (unpaired) electrons.